The molecule has 1 fully saturated rings. The molecule has 1 heterocycles. The molecule has 106 valence electrons. The van der Waals surface area contributed by atoms with E-state index in [1.54, 1.807) is 18.2 Å². The zero-order valence-electron chi connectivity index (χ0n) is 11.4. The van der Waals surface area contributed by atoms with Gasteiger partial charge in [0.2, 0.25) is 11.8 Å². The number of benzene rings is 1. The van der Waals surface area contributed by atoms with Gasteiger partial charge in [-0.1, -0.05) is 0 Å². The van der Waals surface area contributed by atoms with Crippen molar-refractivity contribution in [1.82, 2.24) is 4.90 Å². The van der Waals surface area contributed by atoms with Gasteiger partial charge in [-0.15, -0.1) is 0 Å². The van der Waals surface area contributed by atoms with Crippen molar-refractivity contribution < 1.29 is 19.1 Å². The van der Waals surface area contributed by atoms with Crippen LogP contribution in [0.1, 0.15) is 41.6 Å². The number of methoxy groups -OCH3 is 1. The fourth-order valence-electron chi connectivity index (χ4n) is 2.30. The highest BCUT2D eigenvalue weighted by Gasteiger charge is 2.25. The standard InChI is InChI=1S/C15H17NO4/c1-20-13-7-6-11(10-17)8-12(13)9-16-14(18)4-2-3-5-15(16)19/h6-8,10H,2-5,9H2,1H3. The Labute approximate surface area is 117 Å². The second-order valence-electron chi connectivity index (χ2n) is 4.77. The van der Waals surface area contributed by atoms with Crippen LogP contribution in [0.25, 0.3) is 0 Å². The van der Waals surface area contributed by atoms with Crippen molar-refractivity contribution in [3.63, 3.8) is 0 Å². The van der Waals surface area contributed by atoms with Gasteiger partial charge in [0.1, 0.15) is 12.0 Å². The first-order chi connectivity index (χ1) is 9.65. The van der Waals surface area contributed by atoms with Gasteiger partial charge in [0.05, 0.1) is 13.7 Å². The van der Waals surface area contributed by atoms with Crippen molar-refractivity contribution in [2.45, 2.75) is 32.2 Å². The van der Waals surface area contributed by atoms with Crippen LogP contribution in [-0.4, -0.2) is 30.1 Å². The minimum absolute atomic E-state index is 0.155. The molecular formula is C15H17NO4. The largest absolute Gasteiger partial charge is 0.496 e. The topological polar surface area (TPSA) is 63.7 Å². The third kappa shape index (κ3) is 3.04. The van der Waals surface area contributed by atoms with E-state index in [0.29, 0.717) is 29.7 Å². The molecule has 0 saturated carbocycles. The predicted molar refractivity (Wildman–Crippen MR) is 72.4 cm³/mol. The SMILES string of the molecule is COc1ccc(C=O)cc1CN1C(=O)CCCCC1=O. The maximum absolute atomic E-state index is 12.0. The number of carbonyl (C=O) groups excluding carboxylic acids is 3. The van der Waals surface area contributed by atoms with Gasteiger partial charge in [0, 0.05) is 24.0 Å². The summed E-state index contributed by atoms with van der Waals surface area (Å²) in [5, 5.41) is 0. The zero-order valence-corrected chi connectivity index (χ0v) is 11.4. The Kier molecular flexibility index (Phi) is 4.50. The molecule has 1 aromatic carbocycles. The molecule has 0 radical (unpaired) electrons. The van der Waals surface area contributed by atoms with Crippen LogP contribution in [0.2, 0.25) is 0 Å². The van der Waals surface area contributed by atoms with Crippen LogP contribution in [0.15, 0.2) is 18.2 Å². The molecule has 0 bridgehead atoms. The van der Waals surface area contributed by atoms with Gasteiger partial charge < -0.3 is 4.74 Å². The van der Waals surface area contributed by atoms with Crippen molar-refractivity contribution in [3.8, 4) is 5.75 Å². The van der Waals surface area contributed by atoms with E-state index < -0.39 is 0 Å². The summed E-state index contributed by atoms with van der Waals surface area (Å²) in [6, 6.07) is 4.96. The predicted octanol–water partition coefficient (Wildman–Crippen LogP) is 1.94. The number of carbonyl (C=O) groups is 3. The van der Waals surface area contributed by atoms with E-state index in [1.807, 2.05) is 0 Å². The van der Waals surface area contributed by atoms with Crippen molar-refractivity contribution in [3.05, 3.63) is 29.3 Å². The number of ether oxygens (including phenoxy) is 1. The fraction of sp³-hybridized carbons (Fsp3) is 0.400. The summed E-state index contributed by atoms with van der Waals surface area (Å²) in [6.45, 7) is 0.155. The van der Waals surface area contributed by atoms with Crippen LogP contribution in [0, 0.1) is 0 Å². The average Bonchev–Trinajstić information content (AvgIpc) is 2.62. The number of aldehydes is 1. The molecule has 1 aliphatic heterocycles. The summed E-state index contributed by atoms with van der Waals surface area (Å²) in [5.74, 6) is 0.248. The lowest BCUT2D eigenvalue weighted by molar-refractivity contribution is -0.144. The fourth-order valence-corrected chi connectivity index (χ4v) is 2.30. The minimum atomic E-state index is -0.161. The lowest BCUT2D eigenvalue weighted by atomic mass is 10.1. The van der Waals surface area contributed by atoms with Gasteiger partial charge >= 0.3 is 0 Å². The van der Waals surface area contributed by atoms with E-state index >= 15 is 0 Å². The van der Waals surface area contributed by atoms with Crippen molar-refractivity contribution in [1.29, 1.82) is 0 Å². The molecule has 5 heteroatoms. The first-order valence-electron chi connectivity index (χ1n) is 6.61. The molecule has 2 amide bonds. The normalized spacial score (nSPS) is 15.9. The molecule has 2 rings (SSSR count). The number of amides is 2. The number of likely N-dealkylation sites (tertiary alicyclic amines) is 1. The highest BCUT2D eigenvalue weighted by molar-refractivity contribution is 5.96. The van der Waals surface area contributed by atoms with Crippen LogP contribution in [0.3, 0.4) is 0 Å². The van der Waals surface area contributed by atoms with Crippen LogP contribution in [0.4, 0.5) is 0 Å². The van der Waals surface area contributed by atoms with Crippen molar-refractivity contribution in [2.24, 2.45) is 0 Å². The molecule has 1 aliphatic rings. The molecule has 0 atom stereocenters. The number of hydrogen-bond acceptors (Lipinski definition) is 4. The summed E-state index contributed by atoms with van der Waals surface area (Å²) in [5.41, 5.74) is 1.16. The number of rotatable bonds is 4. The third-order valence-electron chi connectivity index (χ3n) is 3.40. The van der Waals surface area contributed by atoms with Gasteiger partial charge in [-0.05, 0) is 31.0 Å². The minimum Gasteiger partial charge on any atom is -0.496 e. The first kappa shape index (κ1) is 14.2. The summed E-state index contributed by atoms with van der Waals surface area (Å²) in [7, 11) is 1.52. The lowest BCUT2D eigenvalue weighted by Gasteiger charge is -2.20. The van der Waals surface area contributed by atoms with Gasteiger partial charge in [-0.2, -0.15) is 0 Å². The maximum Gasteiger partial charge on any atom is 0.229 e. The Morgan fingerprint density at radius 3 is 2.40 bits per heavy atom. The van der Waals surface area contributed by atoms with Crippen LogP contribution in [-0.2, 0) is 16.1 Å². The molecule has 1 aromatic rings. The zero-order chi connectivity index (χ0) is 14.5. The lowest BCUT2D eigenvalue weighted by Crippen LogP contribution is -2.34. The van der Waals surface area contributed by atoms with E-state index in [2.05, 4.69) is 0 Å². The summed E-state index contributed by atoms with van der Waals surface area (Å²) in [4.78, 5) is 36.1. The van der Waals surface area contributed by atoms with Crippen LogP contribution in [0.5, 0.6) is 5.75 Å². The number of nitrogens with zero attached hydrogens (tertiary/aromatic N) is 1. The summed E-state index contributed by atoms with van der Waals surface area (Å²) < 4.78 is 5.22. The van der Waals surface area contributed by atoms with E-state index in [0.717, 1.165) is 19.1 Å². The van der Waals surface area contributed by atoms with Gasteiger partial charge in [-0.3, -0.25) is 19.3 Å². The Bertz CT molecular complexity index is 521. The van der Waals surface area contributed by atoms with Gasteiger partial charge in [0.25, 0.3) is 0 Å². The summed E-state index contributed by atoms with van der Waals surface area (Å²) >= 11 is 0. The molecule has 20 heavy (non-hydrogen) atoms. The molecule has 0 aromatic heterocycles. The van der Waals surface area contributed by atoms with Crippen molar-refractivity contribution in [2.75, 3.05) is 7.11 Å². The quantitative estimate of drug-likeness (QED) is 0.622. The van der Waals surface area contributed by atoms with Crippen LogP contribution < -0.4 is 4.74 Å². The van der Waals surface area contributed by atoms with Crippen molar-refractivity contribution >= 4 is 18.1 Å². The average molecular weight is 275 g/mol. The Morgan fingerprint density at radius 1 is 1.20 bits per heavy atom. The van der Waals surface area contributed by atoms with E-state index in [1.165, 1.54) is 12.0 Å². The molecule has 0 N–H and O–H groups in total. The number of hydrogen-bond donors (Lipinski definition) is 0. The Balaban J connectivity index is 2.29. The Morgan fingerprint density at radius 2 is 1.85 bits per heavy atom. The van der Waals surface area contributed by atoms with E-state index in [4.69, 9.17) is 4.74 Å². The van der Waals surface area contributed by atoms with E-state index in [-0.39, 0.29) is 18.4 Å². The van der Waals surface area contributed by atoms with Gasteiger partial charge in [-0.25, -0.2) is 0 Å². The highest BCUT2D eigenvalue weighted by Crippen LogP contribution is 2.23. The number of imide groups is 1. The molecule has 5 nitrogen and oxygen atoms in total. The summed E-state index contributed by atoms with van der Waals surface area (Å²) in [6.07, 6.45) is 3.00. The Hall–Kier alpha value is -2.17. The molecule has 1 saturated heterocycles. The first-order valence-corrected chi connectivity index (χ1v) is 6.61. The smallest absolute Gasteiger partial charge is 0.229 e. The molecule has 0 aliphatic carbocycles. The molecule has 0 spiro atoms. The van der Waals surface area contributed by atoms with Crippen LogP contribution >= 0.6 is 0 Å². The second kappa shape index (κ2) is 6.32. The maximum atomic E-state index is 12.0. The molecule has 0 unspecified atom stereocenters. The van der Waals surface area contributed by atoms with E-state index in [9.17, 15) is 14.4 Å². The monoisotopic (exact) mass is 275 g/mol. The molecular weight excluding hydrogens is 258 g/mol. The third-order valence-corrected chi connectivity index (χ3v) is 3.40. The second-order valence-corrected chi connectivity index (χ2v) is 4.77. The highest BCUT2D eigenvalue weighted by atomic mass is 16.5. The van der Waals surface area contributed by atoms with Gasteiger partial charge in [0.15, 0.2) is 0 Å².